The fraction of sp³-hybridized carbons (Fsp3) is 0.370. The second kappa shape index (κ2) is 9.46. The van der Waals surface area contributed by atoms with Gasteiger partial charge in [0.1, 0.15) is 17.3 Å². The Morgan fingerprint density at radius 1 is 1.00 bits per heavy atom. The van der Waals surface area contributed by atoms with Crippen molar-refractivity contribution in [1.82, 2.24) is 9.29 Å². The quantitative estimate of drug-likeness (QED) is 0.480. The second-order valence-electron chi connectivity index (χ2n) is 9.67. The lowest BCUT2D eigenvalue weighted by atomic mass is 10.0. The van der Waals surface area contributed by atoms with E-state index in [4.69, 9.17) is 9.47 Å². The van der Waals surface area contributed by atoms with E-state index in [1.165, 1.54) is 0 Å². The van der Waals surface area contributed by atoms with Gasteiger partial charge in [-0.05, 0) is 78.3 Å². The molecule has 1 saturated carbocycles. The number of rotatable bonds is 7. The van der Waals surface area contributed by atoms with Crippen LogP contribution in [0.4, 0.5) is 10.1 Å². The molecule has 2 aliphatic heterocycles. The summed E-state index contributed by atoms with van der Waals surface area (Å²) in [7, 11) is -3.56. The molecule has 2 atom stereocenters. The van der Waals surface area contributed by atoms with E-state index in [2.05, 4.69) is 4.98 Å². The van der Waals surface area contributed by atoms with Crippen LogP contribution in [0.5, 0.6) is 11.5 Å². The molecular formula is C27H28FN3O4S. The van der Waals surface area contributed by atoms with E-state index >= 15 is 0 Å². The van der Waals surface area contributed by atoms with Crippen molar-refractivity contribution in [3.63, 3.8) is 0 Å². The molecule has 0 N–H and O–H groups in total. The fourth-order valence-electron chi connectivity index (χ4n) is 5.49. The minimum Gasteiger partial charge on any atom is -0.456 e. The molecule has 3 heterocycles. The largest absolute Gasteiger partial charge is 0.456 e. The van der Waals surface area contributed by atoms with Gasteiger partial charge in [0, 0.05) is 32.4 Å². The highest BCUT2D eigenvalue weighted by molar-refractivity contribution is 7.89. The zero-order valence-corrected chi connectivity index (χ0v) is 20.6. The molecule has 3 aliphatic rings. The van der Waals surface area contributed by atoms with Crippen molar-refractivity contribution in [2.45, 2.75) is 11.3 Å². The van der Waals surface area contributed by atoms with E-state index < -0.39 is 10.0 Å². The molecule has 1 aromatic heterocycles. The lowest BCUT2D eigenvalue weighted by Gasteiger charge is -2.29. The number of benzene rings is 2. The van der Waals surface area contributed by atoms with Crippen molar-refractivity contribution in [3.05, 3.63) is 78.4 Å². The van der Waals surface area contributed by atoms with Crippen LogP contribution in [-0.2, 0) is 21.2 Å². The molecule has 188 valence electrons. The highest BCUT2D eigenvalue weighted by atomic mass is 32.2. The third kappa shape index (κ3) is 4.58. The van der Waals surface area contributed by atoms with Gasteiger partial charge < -0.3 is 14.4 Å². The summed E-state index contributed by atoms with van der Waals surface area (Å²) in [6.45, 7) is 3.67. The van der Waals surface area contributed by atoms with Crippen LogP contribution in [0.1, 0.15) is 5.56 Å². The molecule has 3 aromatic rings. The predicted octanol–water partition coefficient (Wildman–Crippen LogP) is 3.96. The van der Waals surface area contributed by atoms with Crippen molar-refractivity contribution in [3.8, 4) is 11.5 Å². The monoisotopic (exact) mass is 509 g/mol. The van der Waals surface area contributed by atoms with Crippen molar-refractivity contribution in [2.75, 3.05) is 44.3 Å². The topological polar surface area (TPSA) is 72.0 Å². The van der Waals surface area contributed by atoms with Crippen LogP contribution in [0.3, 0.4) is 0 Å². The molecule has 0 radical (unpaired) electrons. The van der Waals surface area contributed by atoms with E-state index in [9.17, 15) is 12.8 Å². The molecule has 7 nitrogen and oxygen atoms in total. The number of fused-ring (bicyclic) bond motifs is 1. The normalized spacial score (nSPS) is 23.9. The minimum absolute atomic E-state index is 0.194. The third-order valence-corrected chi connectivity index (χ3v) is 9.35. The Morgan fingerprint density at radius 2 is 1.75 bits per heavy atom. The number of aromatic nitrogens is 1. The Hall–Kier alpha value is -3.01. The first-order valence-corrected chi connectivity index (χ1v) is 13.7. The number of anilines is 1. The average Bonchev–Trinajstić information content (AvgIpc) is 3.31. The van der Waals surface area contributed by atoms with Gasteiger partial charge in [0.25, 0.3) is 0 Å². The van der Waals surface area contributed by atoms with Crippen molar-refractivity contribution >= 4 is 15.7 Å². The first-order chi connectivity index (χ1) is 17.5. The maximum atomic E-state index is 14.8. The standard InChI is InChI=1S/C27H28FN3O4S/c28-26-15-19(3-8-27(26)30-10-12-34-13-11-30)14-23-24-17-31(18-25(23)24)36(32,33)22-6-4-20(5-7-22)35-21-2-1-9-29-16-21/h1-9,15-16,23-25H,10-14,17-18H2. The summed E-state index contributed by atoms with van der Waals surface area (Å²) in [6, 6.07) is 15.6. The third-order valence-electron chi connectivity index (χ3n) is 7.50. The summed E-state index contributed by atoms with van der Waals surface area (Å²) in [5.41, 5.74) is 1.61. The van der Waals surface area contributed by atoms with E-state index in [-0.39, 0.29) is 10.7 Å². The Labute approximate surface area is 210 Å². The van der Waals surface area contributed by atoms with E-state index in [1.807, 2.05) is 17.0 Å². The van der Waals surface area contributed by atoms with Gasteiger partial charge in [-0.2, -0.15) is 4.31 Å². The number of hydrogen-bond donors (Lipinski definition) is 0. The van der Waals surface area contributed by atoms with Gasteiger partial charge in [0.2, 0.25) is 10.0 Å². The van der Waals surface area contributed by atoms with Gasteiger partial charge in [0.05, 0.1) is 30.0 Å². The molecular weight excluding hydrogens is 481 g/mol. The molecule has 6 rings (SSSR count). The fourth-order valence-corrected chi connectivity index (χ4v) is 7.01. The first-order valence-electron chi connectivity index (χ1n) is 12.3. The number of nitrogens with zero attached hydrogens (tertiary/aromatic N) is 3. The molecule has 2 saturated heterocycles. The van der Waals surface area contributed by atoms with Crippen LogP contribution in [0.25, 0.3) is 0 Å². The van der Waals surface area contributed by atoms with Gasteiger partial charge in [0.15, 0.2) is 0 Å². The van der Waals surface area contributed by atoms with Crippen LogP contribution in [-0.4, -0.2) is 57.1 Å². The van der Waals surface area contributed by atoms with Gasteiger partial charge >= 0.3 is 0 Å². The van der Waals surface area contributed by atoms with Crippen LogP contribution in [0.15, 0.2) is 71.9 Å². The predicted molar refractivity (Wildman–Crippen MR) is 133 cm³/mol. The van der Waals surface area contributed by atoms with Crippen molar-refractivity contribution in [2.24, 2.45) is 17.8 Å². The molecule has 0 bridgehead atoms. The maximum absolute atomic E-state index is 14.8. The van der Waals surface area contributed by atoms with E-state index in [0.717, 1.165) is 12.0 Å². The molecule has 1 aliphatic carbocycles. The highest BCUT2D eigenvalue weighted by Crippen LogP contribution is 2.54. The molecule has 0 spiro atoms. The molecule has 2 aromatic carbocycles. The maximum Gasteiger partial charge on any atom is 0.243 e. The number of morpholine rings is 1. The van der Waals surface area contributed by atoms with Crippen LogP contribution in [0, 0.1) is 23.6 Å². The van der Waals surface area contributed by atoms with Crippen LogP contribution >= 0.6 is 0 Å². The van der Waals surface area contributed by atoms with Gasteiger partial charge in [-0.15, -0.1) is 0 Å². The molecule has 36 heavy (non-hydrogen) atoms. The number of halogens is 1. The van der Waals surface area contributed by atoms with Crippen molar-refractivity contribution in [1.29, 1.82) is 0 Å². The summed E-state index contributed by atoms with van der Waals surface area (Å²) in [5, 5.41) is 0. The van der Waals surface area contributed by atoms with Crippen molar-refractivity contribution < 1.29 is 22.3 Å². The second-order valence-corrected chi connectivity index (χ2v) is 11.6. The minimum atomic E-state index is -3.56. The molecule has 0 amide bonds. The summed E-state index contributed by atoms with van der Waals surface area (Å²) < 4.78 is 53.8. The van der Waals surface area contributed by atoms with Crippen LogP contribution in [0.2, 0.25) is 0 Å². The number of sulfonamides is 1. The average molecular weight is 510 g/mol. The lowest BCUT2D eigenvalue weighted by Crippen LogP contribution is -2.36. The van der Waals surface area contributed by atoms with Gasteiger partial charge in [-0.25, -0.2) is 12.8 Å². The summed E-state index contributed by atoms with van der Waals surface area (Å²) >= 11 is 0. The molecule has 9 heteroatoms. The number of piperidine rings is 1. The van der Waals surface area contributed by atoms with Crippen LogP contribution < -0.4 is 9.64 Å². The number of ether oxygens (including phenoxy) is 2. The highest BCUT2D eigenvalue weighted by Gasteiger charge is 2.57. The SMILES string of the molecule is O=S(=O)(c1ccc(Oc2cccnc2)cc1)N1CC2C(Cc3ccc(N4CCOCC4)c(F)c3)C2C1. The van der Waals surface area contributed by atoms with E-state index in [1.54, 1.807) is 59.2 Å². The molecule has 3 fully saturated rings. The lowest BCUT2D eigenvalue weighted by molar-refractivity contribution is 0.122. The van der Waals surface area contributed by atoms with Gasteiger partial charge in [-0.3, -0.25) is 4.98 Å². The first kappa shape index (κ1) is 23.4. The summed E-state index contributed by atoms with van der Waals surface area (Å²) in [6.07, 6.45) is 4.04. The number of pyridine rings is 1. The van der Waals surface area contributed by atoms with E-state index in [0.29, 0.717) is 74.3 Å². The summed E-state index contributed by atoms with van der Waals surface area (Å²) in [4.78, 5) is 6.29. The summed E-state index contributed by atoms with van der Waals surface area (Å²) in [5.74, 6) is 2.01. The zero-order chi connectivity index (χ0) is 24.7. The Kier molecular flexibility index (Phi) is 6.15. The number of hydrogen-bond acceptors (Lipinski definition) is 6. The zero-order valence-electron chi connectivity index (χ0n) is 19.8. The Balaban J connectivity index is 1.05. The Bertz CT molecular complexity index is 1320. The molecule has 2 unspecified atom stereocenters. The smallest absolute Gasteiger partial charge is 0.243 e. The Morgan fingerprint density at radius 3 is 2.42 bits per heavy atom. The van der Waals surface area contributed by atoms with Gasteiger partial charge in [-0.1, -0.05) is 6.07 Å².